The molecule has 1 amide bonds. The highest BCUT2D eigenvalue weighted by Gasteiger charge is 2.19. The summed E-state index contributed by atoms with van der Waals surface area (Å²) in [4.78, 5) is 16.6. The molecule has 9 nitrogen and oxygen atoms in total. The molecule has 0 atom stereocenters. The number of amides is 1. The normalized spacial score (nSPS) is 11.5. The minimum Gasteiger partial charge on any atom is -0.493 e. The van der Waals surface area contributed by atoms with Crippen LogP contribution in [0.25, 0.3) is 6.08 Å². The number of aromatic nitrogens is 2. The summed E-state index contributed by atoms with van der Waals surface area (Å²) >= 11 is 2.46. The highest BCUT2D eigenvalue weighted by molar-refractivity contribution is 7.99. The Bertz CT molecular complexity index is 1320. The molecule has 0 saturated carbocycles. The Labute approximate surface area is 199 Å². The lowest BCUT2D eigenvalue weighted by atomic mass is 10.1. The number of ether oxygens (including phenoxy) is 1. The first-order chi connectivity index (χ1) is 15.9. The van der Waals surface area contributed by atoms with E-state index in [0.717, 1.165) is 17.3 Å². The summed E-state index contributed by atoms with van der Waals surface area (Å²) in [7, 11) is -2.71. The number of carbonyl (C=O) groups excluding carboxylic acids is 1. The van der Waals surface area contributed by atoms with Crippen LogP contribution in [0.5, 0.6) is 11.5 Å². The maximum Gasteiger partial charge on any atom is 0.339 e. The predicted octanol–water partition coefficient (Wildman–Crippen LogP) is 3.97. The summed E-state index contributed by atoms with van der Waals surface area (Å²) in [6.45, 7) is 1.96. The first-order valence-electron chi connectivity index (χ1n) is 9.43. The molecule has 12 heteroatoms. The lowest BCUT2D eigenvalue weighted by molar-refractivity contribution is -0.112. The first kappa shape index (κ1) is 24.2. The Kier molecular flexibility index (Phi) is 8.05. The lowest BCUT2D eigenvalue weighted by Crippen LogP contribution is -2.13. The number of hydrogen-bond acceptors (Lipinski definition) is 10. The van der Waals surface area contributed by atoms with Gasteiger partial charge >= 0.3 is 10.1 Å². The predicted molar refractivity (Wildman–Crippen MR) is 126 cm³/mol. The number of thioether (sulfide) groups is 1. The van der Waals surface area contributed by atoms with Crippen LogP contribution in [-0.4, -0.2) is 36.5 Å². The third kappa shape index (κ3) is 6.32. The van der Waals surface area contributed by atoms with Crippen LogP contribution in [0.3, 0.4) is 0 Å². The zero-order valence-electron chi connectivity index (χ0n) is 17.5. The molecule has 0 unspecified atom stereocenters. The molecule has 0 spiro atoms. The Morgan fingerprint density at radius 3 is 2.67 bits per heavy atom. The fourth-order valence-electron chi connectivity index (χ4n) is 2.52. The van der Waals surface area contributed by atoms with Gasteiger partial charge in [-0.1, -0.05) is 43.0 Å². The molecule has 0 bridgehead atoms. The molecule has 33 heavy (non-hydrogen) atoms. The van der Waals surface area contributed by atoms with Gasteiger partial charge in [-0.3, -0.25) is 10.1 Å². The van der Waals surface area contributed by atoms with Crippen molar-refractivity contribution in [3.05, 3.63) is 59.7 Å². The molecule has 1 heterocycles. The molecule has 170 valence electrons. The van der Waals surface area contributed by atoms with Gasteiger partial charge in [0.15, 0.2) is 11.5 Å². The smallest absolute Gasteiger partial charge is 0.339 e. The third-order valence-corrected chi connectivity index (χ3v) is 6.72. The van der Waals surface area contributed by atoms with Gasteiger partial charge in [-0.25, -0.2) is 0 Å². The Hall–Kier alpha value is -3.40. The average Bonchev–Trinajstić information content (AvgIpc) is 3.25. The summed E-state index contributed by atoms with van der Waals surface area (Å²) in [6, 6.07) is 13.9. The van der Waals surface area contributed by atoms with E-state index in [1.807, 2.05) is 13.0 Å². The van der Waals surface area contributed by atoms with Gasteiger partial charge in [0.05, 0.1) is 7.11 Å². The molecule has 2 aromatic carbocycles. The fraction of sp³-hybridized carbons (Fsp3) is 0.143. The third-order valence-electron chi connectivity index (χ3n) is 4.00. The Morgan fingerprint density at radius 2 is 2.00 bits per heavy atom. The zero-order valence-corrected chi connectivity index (χ0v) is 20.0. The van der Waals surface area contributed by atoms with Crippen LogP contribution in [0.2, 0.25) is 0 Å². The van der Waals surface area contributed by atoms with Gasteiger partial charge in [-0.2, -0.15) is 23.0 Å². The number of nitrogens with zero attached hydrogens (tertiary/aromatic N) is 3. The first-order valence-corrected chi connectivity index (χ1v) is 12.6. The van der Waals surface area contributed by atoms with E-state index in [4.69, 9.17) is 8.92 Å². The summed E-state index contributed by atoms with van der Waals surface area (Å²) in [5.74, 6) is 0.233. The molecule has 0 aliphatic heterocycles. The Balaban J connectivity index is 1.80. The van der Waals surface area contributed by atoms with Crippen LogP contribution in [0.15, 0.2) is 64.2 Å². The highest BCUT2D eigenvalue weighted by Crippen LogP contribution is 2.31. The van der Waals surface area contributed by atoms with Crippen molar-refractivity contribution < 1.29 is 22.1 Å². The van der Waals surface area contributed by atoms with Crippen LogP contribution >= 0.6 is 23.3 Å². The topological polar surface area (TPSA) is 131 Å². The standard InChI is InChI=1S/C21H18N4O5S3/c1-3-31-21-24-20(32-25-21)23-19(26)15(13-22)11-14-9-10-17(18(12-14)29-2)30-33(27,28)16-7-5-4-6-8-16/h4-12H,3H2,1-2H3,(H,23,24,25,26)/b15-11-. The van der Waals surface area contributed by atoms with E-state index in [2.05, 4.69) is 14.7 Å². The maximum absolute atomic E-state index is 12.5. The van der Waals surface area contributed by atoms with E-state index < -0.39 is 16.0 Å². The minimum absolute atomic E-state index is 0.00312. The molecular formula is C21H18N4O5S3. The van der Waals surface area contributed by atoms with E-state index in [9.17, 15) is 18.5 Å². The van der Waals surface area contributed by atoms with Gasteiger partial charge in [0.2, 0.25) is 10.3 Å². The van der Waals surface area contributed by atoms with E-state index in [1.54, 1.807) is 18.2 Å². The van der Waals surface area contributed by atoms with Crippen molar-refractivity contribution in [1.82, 2.24) is 9.36 Å². The van der Waals surface area contributed by atoms with Crippen molar-refractivity contribution in [2.45, 2.75) is 17.0 Å². The van der Waals surface area contributed by atoms with Crippen LogP contribution in [0.4, 0.5) is 5.13 Å². The number of anilines is 1. The van der Waals surface area contributed by atoms with E-state index in [1.165, 1.54) is 55.3 Å². The van der Waals surface area contributed by atoms with Crippen LogP contribution < -0.4 is 14.2 Å². The van der Waals surface area contributed by atoms with E-state index in [0.29, 0.717) is 10.7 Å². The van der Waals surface area contributed by atoms with Crippen molar-refractivity contribution >= 4 is 50.5 Å². The van der Waals surface area contributed by atoms with Crippen LogP contribution in [0.1, 0.15) is 12.5 Å². The van der Waals surface area contributed by atoms with Gasteiger partial charge in [0.25, 0.3) is 5.91 Å². The highest BCUT2D eigenvalue weighted by atomic mass is 32.2. The number of hydrogen-bond donors (Lipinski definition) is 1. The van der Waals surface area contributed by atoms with Crippen molar-refractivity contribution in [3.8, 4) is 17.6 Å². The SMILES string of the molecule is CCSc1nsc(NC(=O)/C(C#N)=C\c2ccc(OS(=O)(=O)c3ccccc3)c(OC)c2)n1. The minimum atomic E-state index is -4.06. The molecule has 0 radical (unpaired) electrons. The second-order valence-corrected chi connectivity index (χ2v) is 9.73. The monoisotopic (exact) mass is 502 g/mol. The fourth-order valence-corrected chi connectivity index (χ4v) is 4.75. The molecule has 0 fully saturated rings. The number of benzene rings is 2. The van der Waals surface area contributed by atoms with Crippen molar-refractivity contribution in [2.75, 3.05) is 18.2 Å². The average molecular weight is 503 g/mol. The van der Waals surface area contributed by atoms with Crippen LogP contribution in [0, 0.1) is 11.3 Å². The van der Waals surface area contributed by atoms with Crippen molar-refractivity contribution in [1.29, 1.82) is 5.26 Å². The van der Waals surface area contributed by atoms with Gasteiger partial charge < -0.3 is 8.92 Å². The Morgan fingerprint density at radius 1 is 1.24 bits per heavy atom. The molecule has 0 aliphatic rings. The van der Waals surface area contributed by atoms with Crippen molar-refractivity contribution in [3.63, 3.8) is 0 Å². The van der Waals surface area contributed by atoms with E-state index >= 15 is 0 Å². The quantitative estimate of drug-likeness (QED) is 0.200. The van der Waals surface area contributed by atoms with Crippen molar-refractivity contribution in [2.24, 2.45) is 0 Å². The number of nitrogens with one attached hydrogen (secondary N) is 1. The summed E-state index contributed by atoms with van der Waals surface area (Å²) in [6.07, 6.45) is 1.34. The lowest BCUT2D eigenvalue weighted by Gasteiger charge is -2.11. The molecule has 1 N–H and O–H groups in total. The van der Waals surface area contributed by atoms with Gasteiger partial charge in [-0.15, -0.1) is 0 Å². The van der Waals surface area contributed by atoms with Gasteiger partial charge in [-0.05, 0) is 41.7 Å². The molecule has 0 aliphatic carbocycles. The molecule has 0 saturated heterocycles. The number of carbonyl (C=O) groups is 1. The van der Waals surface area contributed by atoms with Gasteiger partial charge in [0, 0.05) is 11.5 Å². The summed E-state index contributed by atoms with van der Waals surface area (Å²) in [5.41, 5.74) is 0.255. The molecule has 3 aromatic rings. The summed E-state index contributed by atoms with van der Waals surface area (Å²) < 4.78 is 39.5. The van der Waals surface area contributed by atoms with Crippen LogP contribution in [-0.2, 0) is 14.9 Å². The van der Waals surface area contributed by atoms with E-state index in [-0.39, 0.29) is 27.1 Å². The molecule has 3 rings (SSSR count). The molecular weight excluding hydrogens is 484 g/mol. The zero-order chi connectivity index (χ0) is 23.8. The largest absolute Gasteiger partial charge is 0.493 e. The van der Waals surface area contributed by atoms with Gasteiger partial charge in [0.1, 0.15) is 16.5 Å². The number of rotatable bonds is 9. The molecule has 1 aromatic heterocycles. The second kappa shape index (κ2) is 11.0. The number of nitriles is 1. The summed E-state index contributed by atoms with van der Waals surface area (Å²) in [5, 5.41) is 12.8. The number of methoxy groups -OCH3 is 1. The second-order valence-electron chi connectivity index (χ2n) is 6.20. The maximum atomic E-state index is 12.5.